The van der Waals surface area contributed by atoms with E-state index in [4.69, 9.17) is 0 Å². The van der Waals surface area contributed by atoms with Crippen LogP contribution < -0.4 is 5.32 Å². The van der Waals surface area contributed by atoms with Crippen molar-refractivity contribution in [2.24, 2.45) is 0 Å². The van der Waals surface area contributed by atoms with Gasteiger partial charge in [0.1, 0.15) is 0 Å². The van der Waals surface area contributed by atoms with Crippen LogP contribution in [0.15, 0.2) is 29.2 Å². The van der Waals surface area contributed by atoms with Gasteiger partial charge in [0.05, 0.1) is 16.3 Å². The first-order valence-corrected chi connectivity index (χ1v) is 9.48. The van der Waals surface area contributed by atoms with Crippen molar-refractivity contribution in [2.45, 2.75) is 38.5 Å². The first-order valence-electron chi connectivity index (χ1n) is 7.83. The third-order valence-corrected chi connectivity index (χ3v) is 5.40. The van der Waals surface area contributed by atoms with Gasteiger partial charge in [-0.1, -0.05) is 32.9 Å². The molecule has 0 aliphatic carbocycles. The molecule has 0 heterocycles. The van der Waals surface area contributed by atoms with E-state index in [1.54, 1.807) is 12.1 Å². The summed E-state index contributed by atoms with van der Waals surface area (Å²) in [6.07, 6.45) is 1.77. The average Bonchev–Trinajstić information content (AvgIpc) is 2.46. The Balaban J connectivity index is 2.72. The monoisotopic (exact) mass is 312 g/mol. The van der Waals surface area contributed by atoms with Gasteiger partial charge in [0.2, 0.25) is 0 Å². The topological polar surface area (TPSA) is 49.4 Å². The van der Waals surface area contributed by atoms with E-state index in [-0.39, 0.29) is 5.75 Å². The molecule has 0 aliphatic heterocycles. The summed E-state index contributed by atoms with van der Waals surface area (Å²) >= 11 is 0. The van der Waals surface area contributed by atoms with Crippen molar-refractivity contribution >= 4 is 15.5 Å². The molecule has 0 spiro atoms. The van der Waals surface area contributed by atoms with Crippen molar-refractivity contribution in [2.75, 3.05) is 37.2 Å². The van der Waals surface area contributed by atoms with Gasteiger partial charge in [0.15, 0.2) is 9.84 Å². The lowest BCUT2D eigenvalue weighted by Gasteiger charge is -2.20. The van der Waals surface area contributed by atoms with Crippen LogP contribution in [0.3, 0.4) is 0 Å². The summed E-state index contributed by atoms with van der Waals surface area (Å²) in [7, 11) is -3.18. The summed E-state index contributed by atoms with van der Waals surface area (Å²) in [6.45, 7) is 9.98. The molecule has 1 aromatic rings. The van der Waals surface area contributed by atoms with Crippen molar-refractivity contribution in [1.29, 1.82) is 0 Å². The molecule has 0 fully saturated rings. The predicted octanol–water partition coefficient (Wildman–Crippen LogP) is 3.01. The number of anilines is 1. The average molecular weight is 312 g/mol. The molecule has 1 N–H and O–H groups in total. The largest absolute Gasteiger partial charge is 0.383 e. The third-order valence-electron chi connectivity index (χ3n) is 3.43. The molecule has 1 aromatic carbocycles. The summed E-state index contributed by atoms with van der Waals surface area (Å²) in [5.74, 6) is 0.197. The fourth-order valence-corrected chi connectivity index (χ4v) is 3.87. The Morgan fingerprint density at radius 3 is 2.38 bits per heavy atom. The molecule has 4 nitrogen and oxygen atoms in total. The van der Waals surface area contributed by atoms with Crippen molar-refractivity contribution in [3.8, 4) is 0 Å². The lowest BCUT2D eigenvalue weighted by atomic mass is 10.3. The van der Waals surface area contributed by atoms with Crippen LogP contribution in [0, 0.1) is 0 Å². The second-order valence-corrected chi connectivity index (χ2v) is 7.25. The van der Waals surface area contributed by atoms with Gasteiger partial charge in [0.25, 0.3) is 0 Å². The van der Waals surface area contributed by atoms with Crippen LogP contribution in [-0.2, 0) is 9.84 Å². The van der Waals surface area contributed by atoms with Gasteiger partial charge in [0, 0.05) is 13.1 Å². The molecule has 5 heteroatoms. The number of rotatable bonds is 10. The second kappa shape index (κ2) is 9.05. The lowest BCUT2D eigenvalue weighted by Crippen LogP contribution is -2.29. The highest BCUT2D eigenvalue weighted by Crippen LogP contribution is 2.22. The van der Waals surface area contributed by atoms with E-state index < -0.39 is 9.84 Å². The number of nitrogens with zero attached hydrogens (tertiary/aromatic N) is 1. The van der Waals surface area contributed by atoms with E-state index in [2.05, 4.69) is 24.1 Å². The van der Waals surface area contributed by atoms with Crippen molar-refractivity contribution in [1.82, 2.24) is 4.90 Å². The van der Waals surface area contributed by atoms with Crippen molar-refractivity contribution in [3.05, 3.63) is 24.3 Å². The Hall–Kier alpha value is -1.07. The molecule has 1 rings (SSSR count). The molecule has 0 aliphatic rings. The number of hydrogen-bond acceptors (Lipinski definition) is 4. The highest BCUT2D eigenvalue weighted by atomic mass is 32.2. The third kappa shape index (κ3) is 5.67. The van der Waals surface area contributed by atoms with Crippen LogP contribution in [0.2, 0.25) is 0 Å². The van der Waals surface area contributed by atoms with E-state index in [0.717, 1.165) is 38.3 Å². The number of hydrogen-bond donors (Lipinski definition) is 1. The van der Waals surface area contributed by atoms with Crippen LogP contribution in [0.5, 0.6) is 0 Å². The lowest BCUT2D eigenvalue weighted by molar-refractivity contribution is 0.300. The highest BCUT2D eigenvalue weighted by molar-refractivity contribution is 7.91. The molecule has 0 saturated carbocycles. The Labute approximate surface area is 129 Å². The van der Waals surface area contributed by atoms with Crippen LogP contribution in [-0.4, -0.2) is 45.2 Å². The van der Waals surface area contributed by atoms with Gasteiger partial charge in [-0.05, 0) is 38.1 Å². The van der Waals surface area contributed by atoms with E-state index in [1.807, 2.05) is 19.1 Å². The molecule has 0 bridgehead atoms. The molecule has 0 saturated heterocycles. The van der Waals surface area contributed by atoms with Crippen LogP contribution in [0.4, 0.5) is 5.69 Å². The van der Waals surface area contributed by atoms with Gasteiger partial charge in [-0.2, -0.15) is 0 Å². The van der Waals surface area contributed by atoms with E-state index >= 15 is 0 Å². The molecule has 0 unspecified atom stereocenters. The Kier molecular flexibility index (Phi) is 7.75. The maximum Gasteiger partial charge on any atom is 0.180 e. The number of sulfone groups is 1. The maximum atomic E-state index is 12.3. The SMILES string of the molecule is CCCN(CC)CCNc1ccccc1S(=O)(=O)CCC. The first kappa shape index (κ1) is 18.0. The number of likely N-dealkylation sites (N-methyl/N-ethyl adjacent to an activating group) is 1. The molecule has 120 valence electrons. The summed E-state index contributed by atoms with van der Waals surface area (Å²) < 4.78 is 24.5. The second-order valence-electron chi connectivity index (χ2n) is 5.18. The van der Waals surface area contributed by atoms with Crippen LogP contribution in [0.1, 0.15) is 33.6 Å². The zero-order valence-corrected chi connectivity index (χ0v) is 14.2. The summed E-state index contributed by atoms with van der Waals surface area (Å²) in [6, 6.07) is 7.19. The van der Waals surface area contributed by atoms with E-state index in [0.29, 0.717) is 11.3 Å². The Morgan fingerprint density at radius 2 is 1.76 bits per heavy atom. The summed E-state index contributed by atoms with van der Waals surface area (Å²) in [5.41, 5.74) is 0.721. The highest BCUT2D eigenvalue weighted by Gasteiger charge is 2.17. The normalized spacial score (nSPS) is 11.8. The fraction of sp³-hybridized carbons (Fsp3) is 0.625. The molecular weight excluding hydrogens is 284 g/mol. The summed E-state index contributed by atoms with van der Waals surface area (Å²) in [5, 5.41) is 3.28. The van der Waals surface area contributed by atoms with Gasteiger partial charge >= 0.3 is 0 Å². The zero-order chi connectivity index (χ0) is 15.7. The van der Waals surface area contributed by atoms with Crippen molar-refractivity contribution in [3.63, 3.8) is 0 Å². The number of para-hydroxylation sites is 1. The predicted molar refractivity (Wildman–Crippen MR) is 89.7 cm³/mol. The van der Waals surface area contributed by atoms with E-state index in [9.17, 15) is 8.42 Å². The quantitative estimate of drug-likeness (QED) is 0.721. The fourth-order valence-electron chi connectivity index (χ4n) is 2.36. The minimum Gasteiger partial charge on any atom is -0.383 e. The molecule has 0 aromatic heterocycles. The minimum atomic E-state index is -3.18. The number of nitrogens with one attached hydrogen (secondary N) is 1. The van der Waals surface area contributed by atoms with Crippen molar-refractivity contribution < 1.29 is 8.42 Å². The van der Waals surface area contributed by atoms with Gasteiger partial charge in [-0.3, -0.25) is 0 Å². The first-order chi connectivity index (χ1) is 10.0. The minimum absolute atomic E-state index is 0.197. The van der Waals surface area contributed by atoms with Gasteiger partial charge in [-0.25, -0.2) is 8.42 Å². The zero-order valence-electron chi connectivity index (χ0n) is 13.4. The summed E-state index contributed by atoms with van der Waals surface area (Å²) in [4.78, 5) is 2.78. The molecular formula is C16H28N2O2S. The molecule has 21 heavy (non-hydrogen) atoms. The maximum absolute atomic E-state index is 12.3. The van der Waals surface area contributed by atoms with Gasteiger partial charge in [-0.15, -0.1) is 0 Å². The molecule has 0 atom stereocenters. The smallest absolute Gasteiger partial charge is 0.180 e. The molecule has 0 radical (unpaired) electrons. The number of benzene rings is 1. The van der Waals surface area contributed by atoms with E-state index in [1.165, 1.54) is 0 Å². The van der Waals surface area contributed by atoms with Gasteiger partial charge < -0.3 is 10.2 Å². The van der Waals surface area contributed by atoms with Crippen LogP contribution in [0.25, 0.3) is 0 Å². The molecule has 0 amide bonds. The Morgan fingerprint density at radius 1 is 1.05 bits per heavy atom. The Bertz CT molecular complexity index is 515. The standard InChI is InChI=1S/C16H28N2O2S/c1-4-12-18(6-3)13-11-17-15-9-7-8-10-16(15)21(19,20)14-5-2/h7-10,17H,4-6,11-14H2,1-3H3. The van der Waals surface area contributed by atoms with Crippen LogP contribution >= 0.6 is 0 Å².